The van der Waals surface area contributed by atoms with E-state index in [0.717, 1.165) is 0 Å². The maximum absolute atomic E-state index is 3.45. The van der Waals surface area contributed by atoms with E-state index in [0.29, 0.717) is 0 Å². The third-order valence-electron chi connectivity index (χ3n) is 3.24. The van der Waals surface area contributed by atoms with Gasteiger partial charge in [0.1, 0.15) is 0 Å². The van der Waals surface area contributed by atoms with Gasteiger partial charge in [0.2, 0.25) is 0 Å². The lowest BCUT2D eigenvalue weighted by atomic mass is 10.0. The molecule has 0 saturated carbocycles. The fourth-order valence-electron chi connectivity index (χ4n) is 2.34. The Hall–Kier alpha value is -2.22. The number of hydrogen-bond donors (Lipinski definition) is 1. The van der Waals surface area contributed by atoms with Crippen molar-refractivity contribution in [3.8, 4) is 0 Å². The molecule has 2 nitrogen and oxygen atoms in total. The highest BCUT2D eigenvalue weighted by Crippen LogP contribution is 2.24. The maximum atomic E-state index is 3.45. The molecule has 2 aromatic carbocycles. The van der Waals surface area contributed by atoms with E-state index in [4.69, 9.17) is 0 Å². The standard InChI is InChI=1S/C16H16N2/c1-13(17-18-11-4-5-12-18)15-10-6-8-14-7-2-3-9-16(14)15/h2-13,17H,1H3. The summed E-state index contributed by atoms with van der Waals surface area (Å²) in [6, 6.07) is 19.3. The number of nitrogens with zero attached hydrogens (tertiary/aromatic N) is 1. The molecule has 0 aliphatic heterocycles. The van der Waals surface area contributed by atoms with Gasteiger partial charge in [-0.2, -0.15) is 0 Å². The minimum absolute atomic E-state index is 0.267. The largest absolute Gasteiger partial charge is 0.319 e. The fraction of sp³-hybridized carbons (Fsp3) is 0.125. The Morgan fingerprint density at radius 2 is 1.61 bits per heavy atom. The van der Waals surface area contributed by atoms with Crippen molar-refractivity contribution in [1.29, 1.82) is 0 Å². The minimum atomic E-state index is 0.267. The van der Waals surface area contributed by atoms with Crippen LogP contribution >= 0.6 is 0 Å². The highest BCUT2D eigenvalue weighted by molar-refractivity contribution is 5.86. The van der Waals surface area contributed by atoms with Gasteiger partial charge >= 0.3 is 0 Å². The van der Waals surface area contributed by atoms with Crippen LogP contribution in [0.25, 0.3) is 10.8 Å². The molecule has 0 spiro atoms. The molecule has 0 saturated heterocycles. The fourth-order valence-corrected chi connectivity index (χ4v) is 2.34. The lowest BCUT2D eigenvalue weighted by Gasteiger charge is -2.18. The molecule has 0 amide bonds. The summed E-state index contributed by atoms with van der Waals surface area (Å²) in [4.78, 5) is 0. The first-order valence-electron chi connectivity index (χ1n) is 6.22. The molecule has 3 aromatic rings. The van der Waals surface area contributed by atoms with Crippen molar-refractivity contribution >= 4 is 10.8 Å². The zero-order valence-electron chi connectivity index (χ0n) is 10.4. The molecule has 90 valence electrons. The zero-order chi connectivity index (χ0) is 12.4. The van der Waals surface area contributed by atoms with Crippen LogP contribution in [0.3, 0.4) is 0 Å². The normalized spacial score (nSPS) is 12.5. The van der Waals surface area contributed by atoms with Crippen molar-refractivity contribution in [1.82, 2.24) is 4.68 Å². The Labute approximate surface area is 107 Å². The molecule has 1 atom stereocenters. The average molecular weight is 236 g/mol. The topological polar surface area (TPSA) is 17.0 Å². The summed E-state index contributed by atoms with van der Waals surface area (Å²) in [5, 5.41) is 2.60. The predicted octanol–water partition coefficient (Wildman–Crippen LogP) is 3.95. The van der Waals surface area contributed by atoms with Gasteiger partial charge in [-0.05, 0) is 35.4 Å². The first-order valence-corrected chi connectivity index (χ1v) is 6.22. The Kier molecular flexibility index (Phi) is 2.77. The van der Waals surface area contributed by atoms with Crippen LogP contribution in [0.2, 0.25) is 0 Å². The third-order valence-corrected chi connectivity index (χ3v) is 3.24. The highest BCUT2D eigenvalue weighted by atomic mass is 15.4. The number of aromatic nitrogens is 1. The monoisotopic (exact) mass is 236 g/mol. The van der Waals surface area contributed by atoms with Gasteiger partial charge in [0.05, 0.1) is 6.04 Å². The summed E-state index contributed by atoms with van der Waals surface area (Å²) < 4.78 is 1.99. The van der Waals surface area contributed by atoms with Crippen LogP contribution in [0.1, 0.15) is 18.5 Å². The molecule has 3 rings (SSSR count). The van der Waals surface area contributed by atoms with Crippen LogP contribution < -0.4 is 5.43 Å². The van der Waals surface area contributed by atoms with Crippen LogP contribution in [0.4, 0.5) is 0 Å². The Morgan fingerprint density at radius 1 is 0.889 bits per heavy atom. The van der Waals surface area contributed by atoms with E-state index in [2.05, 4.69) is 54.8 Å². The van der Waals surface area contributed by atoms with Gasteiger partial charge < -0.3 is 5.43 Å². The van der Waals surface area contributed by atoms with Crippen LogP contribution in [0.5, 0.6) is 0 Å². The SMILES string of the molecule is CC(Nn1cccc1)c1cccc2ccccc12. The van der Waals surface area contributed by atoms with E-state index in [9.17, 15) is 0 Å². The van der Waals surface area contributed by atoms with E-state index in [1.54, 1.807) is 0 Å². The predicted molar refractivity (Wildman–Crippen MR) is 76.2 cm³/mol. The molecule has 0 bridgehead atoms. The van der Waals surface area contributed by atoms with Crippen LogP contribution in [-0.2, 0) is 0 Å². The minimum Gasteiger partial charge on any atom is -0.319 e. The Morgan fingerprint density at radius 3 is 2.44 bits per heavy atom. The quantitative estimate of drug-likeness (QED) is 0.728. The van der Waals surface area contributed by atoms with Crippen molar-refractivity contribution < 1.29 is 0 Å². The first-order chi connectivity index (χ1) is 8.84. The maximum Gasteiger partial charge on any atom is 0.0651 e. The number of benzene rings is 2. The highest BCUT2D eigenvalue weighted by Gasteiger charge is 2.08. The smallest absolute Gasteiger partial charge is 0.0651 e. The third kappa shape index (κ3) is 1.97. The molecule has 1 heterocycles. The summed E-state index contributed by atoms with van der Waals surface area (Å²) in [7, 11) is 0. The van der Waals surface area contributed by atoms with Gasteiger partial charge in [-0.25, -0.2) is 0 Å². The second kappa shape index (κ2) is 4.57. The van der Waals surface area contributed by atoms with Gasteiger partial charge in [0.15, 0.2) is 0 Å². The van der Waals surface area contributed by atoms with Gasteiger partial charge in [-0.1, -0.05) is 42.5 Å². The summed E-state index contributed by atoms with van der Waals surface area (Å²) >= 11 is 0. The van der Waals surface area contributed by atoms with Crippen molar-refractivity contribution in [3.63, 3.8) is 0 Å². The van der Waals surface area contributed by atoms with E-state index < -0.39 is 0 Å². The van der Waals surface area contributed by atoms with Gasteiger partial charge in [0, 0.05) is 12.4 Å². The van der Waals surface area contributed by atoms with Crippen LogP contribution in [0.15, 0.2) is 67.0 Å². The Bertz CT molecular complexity index is 636. The molecule has 2 heteroatoms. The molecule has 18 heavy (non-hydrogen) atoms. The van der Waals surface area contributed by atoms with Crippen LogP contribution in [-0.4, -0.2) is 4.68 Å². The lowest BCUT2D eigenvalue weighted by molar-refractivity contribution is 0.733. The molecule has 1 unspecified atom stereocenters. The van der Waals surface area contributed by atoms with Gasteiger partial charge in [-0.3, -0.25) is 4.68 Å². The molecule has 0 aliphatic rings. The molecular formula is C16H16N2. The second-order valence-corrected chi connectivity index (χ2v) is 4.51. The average Bonchev–Trinajstić information content (AvgIpc) is 2.91. The second-order valence-electron chi connectivity index (χ2n) is 4.51. The van der Waals surface area contributed by atoms with Crippen molar-refractivity contribution in [2.24, 2.45) is 0 Å². The zero-order valence-corrected chi connectivity index (χ0v) is 10.4. The summed E-state index contributed by atoms with van der Waals surface area (Å²) in [6.07, 6.45) is 4.03. The molecule has 0 radical (unpaired) electrons. The van der Waals surface area contributed by atoms with E-state index in [1.165, 1.54) is 16.3 Å². The summed E-state index contributed by atoms with van der Waals surface area (Å²) in [5.41, 5.74) is 4.77. The molecular weight excluding hydrogens is 220 g/mol. The Balaban J connectivity index is 1.98. The summed E-state index contributed by atoms with van der Waals surface area (Å²) in [5.74, 6) is 0. The number of hydrogen-bond acceptors (Lipinski definition) is 1. The molecule has 1 N–H and O–H groups in total. The van der Waals surface area contributed by atoms with E-state index in [1.807, 2.05) is 29.2 Å². The number of rotatable bonds is 3. The molecule has 0 fully saturated rings. The number of nitrogens with one attached hydrogen (secondary N) is 1. The van der Waals surface area contributed by atoms with E-state index in [-0.39, 0.29) is 6.04 Å². The van der Waals surface area contributed by atoms with E-state index >= 15 is 0 Å². The lowest BCUT2D eigenvalue weighted by Crippen LogP contribution is -2.17. The summed E-state index contributed by atoms with van der Waals surface area (Å²) in [6.45, 7) is 2.18. The number of fused-ring (bicyclic) bond motifs is 1. The van der Waals surface area contributed by atoms with Gasteiger partial charge in [0.25, 0.3) is 0 Å². The van der Waals surface area contributed by atoms with Crippen LogP contribution in [0, 0.1) is 0 Å². The van der Waals surface area contributed by atoms with Gasteiger partial charge in [-0.15, -0.1) is 0 Å². The van der Waals surface area contributed by atoms with Crippen molar-refractivity contribution in [2.45, 2.75) is 13.0 Å². The molecule has 0 aliphatic carbocycles. The van der Waals surface area contributed by atoms with Crippen molar-refractivity contribution in [3.05, 3.63) is 72.6 Å². The first kappa shape index (κ1) is 10.9. The molecule has 1 aromatic heterocycles. The van der Waals surface area contributed by atoms with Crippen molar-refractivity contribution in [2.75, 3.05) is 5.43 Å².